The number of hydrogen-bond acceptors (Lipinski definition) is 3. The van der Waals surface area contributed by atoms with Gasteiger partial charge in [-0.15, -0.1) is 0 Å². The van der Waals surface area contributed by atoms with Gasteiger partial charge in [0.15, 0.2) is 0 Å². The van der Waals surface area contributed by atoms with Crippen molar-refractivity contribution in [2.75, 3.05) is 26.2 Å². The molecule has 2 aromatic carbocycles. The summed E-state index contributed by atoms with van der Waals surface area (Å²) < 4.78 is 5.73. The summed E-state index contributed by atoms with van der Waals surface area (Å²) in [7, 11) is 0. The Bertz CT molecular complexity index is 818. The summed E-state index contributed by atoms with van der Waals surface area (Å²) in [6, 6.07) is 13.9. The second-order valence-corrected chi connectivity index (χ2v) is 8.58. The van der Waals surface area contributed by atoms with E-state index >= 15 is 0 Å². The van der Waals surface area contributed by atoms with Gasteiger partial charge in [-0.05, 0) is 61.7 Å². The van der Waals surface area contributed by atoms with Crippen LogP contribution >= 0.6 is 23.2 Å². The van der Waals surface area contributed by atoms with E-state index in [0.717, 1.165) is 56.6 Å². The highest BCUT2D eigenvalue weighted by atomic mass is 35.5. The molecule has 1 amide bonds. The van der Waals surface area contributed by atoms with Gasteiger partial charge in [0.25, 0.3) is 0 Å². The standard InChI is InChI=1S/C24H30Cl2N2O2/c1-2-4-18-7-9-21(10-8-18)30-16-13-27-24(29)19-11-14-28(15-12-19)17-20-5-3-6-22(25)23(20)26/h3,5-10,19H,2,4,11-17H2,1H3,(H,27,29). The number of piperidine rings is 1. The molecule has 0 saturated carbocycles. The van der Waals surface area contributed by atoms with Crippen LogP contribution in [0.25, 0.3) is 0 Å². The van der Waals surface area contributed by atoms with Crippen LogP contribution < -0.4 is 10.1 Å². The third-order valence-electron chi connectivity index (χ3n) is 5.52. The average molecular weight is 449 g/mol. The Morgan fingerprint density at radius 3 is 2.57 bits per heavy atom. The molecule has 0 bridgehead atoms. The summed E-state index contributed by atoms with van der Waals surface area (Å²) in [5.41, 5.74) is 2.36. The van der Waals surface area contributed by atoms with Crippen LogP contribution in [0, 0.1) is 5.92 Å². The lowest BCUT2D eigenvalue weighted by Gasteiger charge is -2.31. The van der Waals surface area contributed by atoms with E-state index in [1.807, 2.05) is 24.3 Å². The molecule has 1 N–H and O–H groups in total. The van der Waals surface area contributed by atoms with E-state index in [4.69, 9.17) is 27.9 Å². The Kier molecular flexibility index (Phi) is 8.86. The highest BCUT2D eigenvalue weighted by Gasteiger charge is 2.25. The number of likely N-dealkylation sites (tertiary alicyclic amines) is 1. The first-order valence-electron chi connectivity index (χ1n) is 10.7. The van der Waals surface area contributed by atoms with Crippen LogP contribution in [-0.2, 0) is 17.8 Å². The molecule has 0 spiro atoms. The quantitative estimate of drug-likeness (QED) is 0.525. The number of amides is 1. The van der Waals surface area contributed by atoms with Crippen molar-refractivity contribution in [3.05, 3.63) is 63.6 Å². The summed E-state index contributed by atoms with van der Waals surface area (Å²) in [6.45, 7) is 5.69. The van der Waals surface area contributed by atoms with Crippen LogP contribution in [-0.4, -0.2) is 37.0 Å². The minimum Gasteiger partial charge on any atom is -0.492 e. The Morgan fingerprint density at radius 2 is 1.87 bits per heavy atom. The number of benzene rings is 2. The maximum absolute atomic E-state index is 12.5. The predicted molar refractivity (Wildman–Crippen MR) is 123 cm³/mol. The second-order valence-electron chi connectivity index (χ2n) is 7.80. The first kappa shape index (κ1) is 22.9. The third kappa shape index (κ3) is 6.63. The van der Waals surface area contributed by atoms with Crippen LogP contribution in [0.15, 0.2) is 42.5 Å². The van der Waals surface area contributed by atoms with Gasteiger partial charge < -0.3 is 10.1 Å². The van der Waals surface area contributed by atoms with Crippen molar-refractivity contribution in [3.8, 4) is 5.75 Å². The second kappa shape index (κ2) is 11.6. The fourth-order valence-electron chi connectivity index (χ4n) is 3.79. The molecule has 2 aromatic rings. The summed E-state index contributed by atoms with van der Waals surface area (Å²) in [5, 5.41) is 4.22. The largest absolute Gasteiger partial charge is 0.492 e. The lowest BCUT2D eigenvalue weighted by molar-refractivity contribution is -0.126. The van der Waals surface area contributed by atoms with Crippen LogP contribution in [0.4, 0.5) is 0 Å². The number of nitrogens with zero attached hydrogens (tertiary/aromatic N) is 1. The van der Waals surface area contributed by atoms with E-state index in [9.17, 15) is 4.79 Å². The maximum atomic E-state index is 12.5. The van der Waals surface area contributed by atoms with Crippen molar-refractivity contribution in [2.24, 2.45) is 5.92 Å². The smallest absolute Gasteiger partial charge is 0.223 e. The Morgan fingerprint density at radius 1 is 1.13 bits per heavy atom. The molecule has 1 aliphatic rings. The number of hydrogen-bond donors (Lipinski definition) is 1. The molecule has 1 fully saturated rings. The number of halogens is 2. The first-order chi connectivity index (χ1) is 14.6. The van der Waals surface area contributed by atoms with Crippen molar-refractivity contribution < 1.29 is 9.53 Å². The van der Waals surface area contributed by atoms with Gasteiger partial charge >= 0.3 is 0 Å². The normalized spacial score (nSPS) is 15.2. The molecular formula is C24H30Cl2N2O2. The van der Waals surface area contributed by atoms with E-state index in [-0.39, 0.29) is 11.8 Å². The highest BCUT2D eigenvalue weighted by Crippen LogP contribution is 2.28. The number of rotatable bonds is 9. The van der Waals surface area contributed by atoms with E-state index in [0.29, 0.717) is 23.2 Å². The SMILES string of the molecule is CCCc1ccc(OCCNC(=O)C2CCN(Cc3cccc(Cl)c3Cl)CC2)cc1. The zero-order valence-electron chi connectivity index (χ0n) is 17.5. The Hall–Kier alpha value is -1.75. The van der Waals surface area contributed by atoms with Gasteiger partial charge in [-0.2, -0.15) is 0 Å². The fraction of sp³-hybridized carbons (Fsp3) is 0.458. The minimum atomic E-state index is 0.0596. The highest BCUT2D eigenvalue weighted by molar-refractivity contribution is 6.42. The molecule has 162 valence electrons. The summed E-state index contributed by atoms with van der Waals surface area (Å²) >= 11 is 12.4. The molecule has 30 heavy (non-hydrogen) atoms. The van der Waals surface area contributed by atoms with Gasteiger partial charge in [-0.1, -0.05) is 60.8 Å². The third-order valence-corrected chi connectivity index (χ3v) is 6.37. The first-order valence-corrected chi connectivity index (χ1v) is 11.5. The van der Waals surface area contributed by atoms with Crippen molar-refractivity contribution in [2.45, 2.75) is 39.2 Å². The number of carbonyl (C=O) groups is 1. The van der Waals surface area contributed by atoms with Gasteiger partial charge in [0, 0.05) is 12.5 Å². The molecule has 0 atom stereocenters. The van der Waals surface area contributed by atoms with Crippen LogP contribution in [0.5, 0.6) is 5.75 Å². The molecule has 1 saturated heterocycles. The van der Waals surface area contributed by atoms with Gasteiger partial charge in [-0.3, -0.25) is 9.69 Å². The molecule has 6 heteroatoms. The summed E-state index contributed by atoms with van der Waals surface area (Å²) in [6.07, 6.45) is 3.92. The van der Waals surface area contributed by atoms with E-state index in [2.05, 4.69) is 29.3 Å². The van der Waals surface area contributed by atoms with Crippen molar-refractivity contribution >= 4 is 29.1 Å². The number of aryl methyl sites for hydroxylation is 1. The molecule has 1 aliphatic heterocycles. The van der Waals surface area contributed by atoms with Gasteiger partial charge in [0.1, 0.15) is 12.4 Å². The van der Waals surface area contributed by atoms with Gasteiger partial charge in [-0.25, -0.2) is 0 Å². The van der Waals surface area contributed by atoms with Crippen LogP contribution in [0.2, 0.25) is 10.0 Å². The molecule has 1 heterocycles. The van der Waals surface area contributed by atoms with E-state index < -0.39 is 0 Å². The summed E-state index contributed by atoms with van der Waals surface area (Å²) in [5.74, 6) is 1.03. The van der Waals surface area contributed by atoms with Crippen LogP contribution in [0.1, 0.15) is 37.3 Å². The number of nitrogens with one attached hydrogen (secondary N) is 1. The predicted octanol–water partition coefficient (Wildman–Crippen LogP) is 5.35. The van der Waals surface area contributed by atoms with Crippen molar-refractivity contribution in [1.82, 2.24) is 10.2 Å². The number of ether oxygens (including phenoxy) is 1. The lowest BCUT2D eigenvalue weighted by atomic mass is 9.95. The molecule has 0 radical (unpaired) electrons. The minimum absolute atomic E-state index is 0.0596. The summed E-state index contributed by atoms with van der Waals surface area (Å²) in [4.78, 5) is 14.8. The zero-order valence-corrected chi connectivity index (χ0v) is 19.0. The van der Waals surface area contributed by atoms with Gasteiger partial charge in [0.05, 0.1) is 16.6 Å². The molecule has 3 rings (SSSR count). The monoisotopic (exact) mass is 448 g/mol. The number of carbonyl (C=O) groups excluding carboxylic acids is 1. The lowest BCUT2D eigenvalue weighted by Crippen LogP contribution is -2.41. The molecular weight excluding hydrogens is 419 g/mol. The topological polar surface area (TPSA) is 41.6 Å². The Labute approximate surface area is 189 Å². The van der Waals surface area contributed by atoms with Crippen molar-refractivity contribution in [1.29, 1.82) is 0 Å². The molecule has 0 unspecified atom stereocenters. The maximum Gasteiger partial charge on any atom is 0.223 e. The average Bonchev–Trinajstić information content (AvgIpc) is 2.76. The van der Waals surface area contributed by atoms with Crippen molar-refractivity contribution in [3.63, 3.8) is 0 Å². The molecule has 0 aromatic heterocycles. The molecule has 4 nitrogen and oxygen atoms in total. The molecule has 0 aliphatic carbocycles. The van der Waals surface area contributed by atoms with Gasteiger partial charge in [0.2, 0.25) is 5.91 Å². The fourth-order valence-corrected chi connectivity index (χ4v) is 4.17. The zero-order chi connectivity index (χ0) is 21.3. The Balaban J connectivity index is 1.34. The van der Waals surface area contributed by atoms with E-state index in [1.165, 1.54) is 5.56 Å². The van der Waals surface area contributed by atoms with Crippen LogP contribution in [0.3, 0.4) is 0 Å². The van der Waals surface area contributed by atoms with E-state index in [1.54, 1.807) is 6.07 Å².